The first-order valence-electron chi connectivity index (χ1n) is 6.60. The van der Waals surface area contributed by atoms with E-state index >= 15 is 0 Å². The fourth-order valence-corrected chi connectivity index (χ4v) is 2.06. The molecule has 0 radical (unpaired) electrons. The van der Waals surface area contributed by atoms with Crippen LogP contribution in [0.3, 0.4) is 0 Å². The molecule has 0 amide bonds. The van der Waals surface area contributed by atoms with Crippen LogP contribution < -0.4 is 5.69 Å². The molecule has 0 aliphatic heterocycles. The molecule has 0 aliphatic carbocycles. The van der Waals surface area contributed by atoms with Crippen molar-refractivity contribution in [2.24, 2.45) is 5.92 Å². The summed E-state index contributed by atoms with van der Waals surface area (Å²) >= 11 is 0. The van der Waals surface area contributed by atoms with Crippen molar-refractivity contribution in [3.05, 3.63) is 27.9 Å². The van der Waals surface area contributed by atoms with Gasteiger partial charge in [0, 0.05) is 18.4 Å². The second kappa shape index (κ2) is 6.91. The quantitative estimate of drug-likeness (QED) is 0.827. The van der Waals surface area contributed by atoms with Gasteiger partial charge in [0.05, 0.1) is 0 Å². The molecule has 124 valence electrons. The highest BCUT2D eigenvalue weighted by molar-refractivity contribution is 5.71. The zero-order chi connectivity index (χ0) is 17.1. The molecule has 0 aliphatic rings. The molecule has 0 bridgehead atoms. The predicted molar refractivity (Wildman–Crippen MR) is 70.4 cm³/mol. The number of hydrogen-bond donors (Lipinski definition) is 2. The molecule has 1 rings (SSSR count). The normalized spacial score (nSPS) is 13.4. The summed E-state index contributed by atoms with van der Waals surface area (Å²) in [5.41, 5.74) is -3.08. The zero-order valence-electron chi connectivity index (χ0n) is 12.1. The Hall–Kier alpha value is -1.90. The molecular weight excluding hydrogens is 305 g/mol. The van der Waals surface area contributed by atoms with Crippen molar-refractivity contribution in [2.45, 2.75) is 38.9 Å². The molecule has 2 N–H and O–H groups in total. The van der Waals surface area contributed by atoms with Gasteiger partial charge in [0.1, 0.15) is 6.04 Å². The SMILES string of the molecule is CC(C)C[C@@H](C(=O)O)n1cc(CCO)c(C(F)(F)F)nc1=O. The van der Waals surface area contributed by atoms with E-state index in [1.165, 1.54) is 0 Å². The summed E-state index contributed by atoms with van der Waals surface area (Å²) in [5, 5.41) is 18.1. The molecular formula is C13H17F3N2O4. The maximum Gasteiger partial charge on any atom is 0.433 e. The molecule has 9 heteroatoms. The first kappa shape index (κ1) is 18.1. The molecule has 0 saturated carbocycles. The average molecular weight is 322 g/mol. The fourth-order valence-electron chi connectivity index (χ4n) is 2.06. The number of aliphatic hydroxyl groups excluding tert-OH is 1. The van der Waals surface area contributed by atoms with Crippen molar-refractivity contribution >= 4 is 5.97 Å². The van der Waals surface area contributed by atoms with Gasteiger partial charge in [0.15, 0.2) is 5.69 Å². The van der Waals surface area contributed by atoms with Crippen LogP contribution in [-0.4, -0.2) is 32.3 Å². The highest BCUT2D eigenvalue weighted by Gasteiger charge is 2.37. The third-order valence-electron chi connectivity index (χ3n) is 2.99. The smallest absolute Gasteiger partial charge is 0.433 e. The number of halogens is 3. The number of rotatable bonds is 6. The number of carbonyl (C=O) groups is 1. The number of carboxylic acid groups (broad SMARTS) is 1. The van der Waals surface area contributed by atoms with Gasteiger partial charge in [0.2, 0.25) is 0 Å². The fraction of sp³-hybridized carbons (Fsp3) is 0.615. The summed E-state index contributed by atoms with van der Waals surface area (Å²) in [5.74, 6) is -1.41. The maximum atomic E-state index is 12.8. The molecule has 0 aromatic carbocycles. The molecule has 6 nitrogen and oxygen atoms in total. The molecule has 1 aromatic rings. The summed E-state index contributed by atoms with van der Waals surface area (Å²) < 4.78 is 39.2. The highest BCUT2D eigenvalue weighted by atomic mass is 19.4. The summed E-state index contributed by atoms with van der Waals surface area (Å²) in [6.45, 7) is 2.88. The number of hydrogen-bond acceptors (Lipinski definition) is 4. The van der Waals surface area contributed by atoms with E-state index < -0.39 is 41.7 Å². The zero-order valence-corrected chi connectivity index (χ0v) is 12.1. The molecule has 1 aromatic heterocycles. The van der Waals surface area contributed by atoms with E-state index in [-0.39, 0.29) is 18.8 Å². The standard InChI is InChI=1S/C13H17F3N2O4/c1-7(2)5-9(11(20)21)18-6-8(3-4-19)10(13(14,15)16)17-12(18)22/h6-7,9,19H,3-5H2,1-2H3,(H,20,21)/t9-/m0/s1. The van der Waals surface area contributed by atoms with Gasteiger partial charge in [-0.1, -0.05) is 13.8 Å². The van der Waals surface area contributed by atoms with Gasteiger partial charge in [-0.05, 0) is 18.8 Å². The Kier molecular flexibility index (Phi) is 5.70. The van der Waals surface area contributed by atoms with Crippen LogP contribution in [0.4, 0.5) is 13.2 Å². The van der Waals surface area contributed by atoms with Gasteiger partial charge in [-0.2, -0.15) is 18.2 Å². The number of alkyl halides is 3. The van der Waals surface area contributed by atoms with Gasteiger partial charge in [-0.3, -0.25) is 4.57 Å². The molecule has 0 fully saturated rings. The minimum atomic E-state index is -4.85. The maximum absolute atomic E-state index is 12.8. The van der Waals surface area contributed by atoms with E-state index in [1.54, 1.807) is 13.8 Å². The minimum absolute atomic E-state index is 0.0703. The Morgan fingerprint density at radius 1 is 1.41 bits per heavy atom. The van der Waals surface area contributed by atoms with Crippen LogP contribution in [0.1, 0.15) is 37.6 Å². The topological polar surface area (TPSA) is 92.4 Å². The lowest BCUT2D eigenvalue weighted by Gasteiger charge is -2.19. The summed E-state index contributed by atoms with van der Waals surface area (Å²) in [7, 11) is 0. The molecule has 0 saturated heterocycles. The van der Waals surface area contributed by atoms with Crippen LogP contribution in [-0.2, 0) is 17.4 Å². The third kappa shape index (κ3) is 4.30. The number of aliphatic carboxylic acids is 1. The van der Waals surface area contributed by atoms with E-state index in [0.717, 1.165) is 6.20 Å². The van der Waals surface area contributed by atoms with E-state index in [0.29, 0.717) is 4.57 Å². The molecule has 0 unspecified atom stereocenters. The van der Waals surface area contributed by atoms with Crippen molar-refractivity contribution in [3.63, 3.8) is 0 Å². The summed E-state index contributed by atoms with van der Waals surface area (Å²) in [6.07, 6.45) is -4.33. The van der Waals surface area contributed by atoms with E-state index in [4.69, 9.17) is 5.11 Å². The van der Waals surface area contributed by atoms with Crippen LogP contribution in [0.25, 0.3) is 0 Å². The van der Waals surface area contributed by atoms with Crippen LogP contribution in [0, 0.1) is 5.92 Å². The average Bonchev–Trinajstić information content (AvgIpc) is 2.36. The van der Waals surface area contributed by atoms with Gasteiger partial charge >= 0.3 is 17.8 Å². The van der Waals surface area contributed by atoms with Crippen LogP contribution in [0.2, 0.25) is 0 Å². The van der Waals surface area contributed by atoms with Crippen molar-refractivity contribution in [3.8, 4) is 0 Å². The van der Waals surface area contributed by atoms with Gasteiger partial charge in [0.25, 0.3) is 0 Å². The van der Waals surface area contributed by atoms with Crippen molar-refractivity contribution in [1.29, 1.82) is 0 Å². The lowest BCUT2D eigenvalue weighted by atomic mass is 10.0. The van der Waals surface area contributed by atoms with Crippen molar-refractivity contribution < 1.29 is 28.2 Å². The summed E-state index contributed by atoms with van der Waals surface area (Å²) in [6, 6.07) is -1.31. The third-order valence-corrected chi connectivity index (χ3v) is 2.99. The second-order valence-corrected chi connectivity index (χ2v) is 5.26. The Morgan fingerprint density at radius 3 is 2.41 bits per heavy atom. The van der Waals surface area contributed by atoms with Crippen LogP contribution in [0.5, 0.6) is 0 Å². The Labute approximate surface area is 124 Å². The van der Waals surface area contributed by atoms with E-state index in [2.05, 4.69) is 4.98 Å². The lowest BCUT2D eigenvalue weighted by molar-refractivity contribution is -0.142. The predicted octanol–water partition coefficient (Wildman–Crippen LogP) is 1.47. The van der Waals surface area contributed by atoms with Gasteiger partial charge < -0.3 is 10.2 Å². The monoisotopic (exact) mass is 322 g/mol. The number of aliphatic hydroxyl groups is 1. The Balaban J connectivity index is 3.46. The molecule has 1 heterocycles. The first-order valence-corrected chi connectivity index (χ1v) is 6.60. The highest BCUT2D eigenvalue weighted by Crippen LogP contribution is 2.30. The molecule has 0 spiro atoms. The van der Waals surface area contributed by atoms with Gasteiger partial charge in [-0.15, -0.1) is 0 Å². The largest absolute Gasteiger partial charge is 0.480 e. The number of nitrogens with zero attached hydrogens (tertiary/aromatic N) is 2. The number of aromatic nitrogens is 2. The lowest BCUT2D eigenvalue weighted by Crippen LogP contribution is -2.35. The second-order valence-electron chi connectivity index (χ2n) is 5.26. The van der Waals surface area contributed by atoms with E-state index in [1.807, 2.05) is 0 Å². The molecule has 22 heavy (non-hydrogen) atoms. The van der Waals surface area contributed by atoms with E-state index in [9.17, 15) is 27.9 Å². The van der Waals surface area contributed by atoms with Crippen LogP contribution in [0.15, 0.2) is 11.0 Å². The van der Waals surface area contributed by atoms with Crippen LogP contribution >= 0.6 is 0 Å². The Morgan fingerprint density at radius 2 is 2.00 bits per heavy atom. The number of carboxylic acids is 1. The summed E-state index contributed by atoms with van der Waals surface area (Å²) in [4.78, 5) is 26.1. The van der Waals surface area contributed by atoms with Crippen molar-refractivity contribution in [2.75, 3.05) is 6.61 Å². The van der Waals surface area contributed by atoms with Gasteiger partial charge in [-0.25, -0.2) is 9.59 Å². The van der Waals surface area contributed by atoms with Crippen molar-refractivity contribution in [1.82, 2.24) is 9.55 Å². The first-order chi connectivity index (χ1) is 10.1. The molecule has 1 atom stereocenters. The minimum Gasteiger partial charge on any atom is -0.480 e. The Bertz CT molecular complexity index is 596.